The molecule has 0 spiro atoms. The lowest BCUT2D eigenvalue weighted by Crippen LogP contribution is -2.59. The van der Waals surface area contributed by atoms with E-state index in [2.05, 4.69) is 29.2 Å². The van der Waals surface area contributed by atoms with E-state index >= 15 is 0 Å². The van der Waals surface area contributed by atoms with Crippen molar-refractivity contribution in [2.45, 2.75) is 32.2 Å². The molecule has 0 aliphatic carbocycles. The van der Waals surface area contributed by atoms with Gasteiger partial charge in [0, 0.05) is 13.1 Å². The summed E-state index contributed by atoms with van der Waals surface area (Å²) >= 11 is 0. The summed E-state index contributed by atoms with van der Waals surface area (Å²) in [6.45, 7) is 8.71. The van der Waals surface area contributed by atoms with Crippen LogP contribution in [0, 0.1) is 5.92 Å². The van der Waals surface area contributed by atoms with Crippen LogP contribution in [0.3, 0.4) is 0 Å². The highest BCUT2D eigenvalue weighted by molar-refractivity contribution is 5.84. The Kier molecular flexibility index (Phi) is 6.23. The van der Waals surface area contributed by atoms with Crippen molar-refractivity contribution in [3.8, 4) is 0 Å². The Hall–Kier alpha value is -0.650. The van der Waals surface area contributed by atoms with Gasteiger partial charge in [0.2, 0.25) is 5.91 Å². The average Bonchev–Trinajstić information content (AvgIpc) is 2.32. The zero-order valence-corrected chi connectivity index (χ0v) is 12.9. The Labute approximate surface area is 117 Å². The molecule has 1 fully saturated rings. The fourth-order valence-corrected chi connectivity index (χ4v) is 2.90. The fourth-order valence-electron chi connectivity index (χ4n) is 2.90. The van der Waals surface area contributed by atoms with Crippen LogP contribution in [0.4, 0.5) is 0 Å². The quantitative estimate of drug-likeness (QED) is 0.689. The number of piperidine rings is 1. The van der Waals surface area contributed by atoms with Crippen LogP contribution in [0.2, 0.25) is 0 Å². The summed E-state index contributed by atoms with van der Waals surface area (Å²) in [7, 11) is 4.26. The lowest BCUT2D eigenvalue weighted by atomic mass is 9.95. The van der Waals surface area contributed by atoms with Gasteiger partial charge in [0.15, 0.2) is 0 Å². The Bertz CT molecular complexity index is 289. The molecule has 0 aromatic carbocycles. The van der Waals surface area contributed by atoms with Gasteiger partial charge in [-0.2, -0.15) is 0 Å². The minimum absolute atomic E-state index is 0.274. The first-order valence-electron chi connectivity index (χ1n) is 7.29. The van der Waals surface area contributed by atoms with Gasteiger partial charge in [-0.1, -0.05) is 6.92 Å². The minimum atomic E-state index is -0.630. The molecule has 1 heterocycles. The van der Waals surface area contributed by atoms with Gasteiger partial charge in [-0.3, -0.25) is 4.79 Å². The summed E-state index contributed by atoms with van der Waals surface area (Å²) in [4.78, 5) is 16.2. The molecule has 0 radical (unpaired) electrons. The third-order valence-corrected chi connectivity index (χ3v) is 4.10. The number of carbonyl (C=O) groups excluding carboxylic acids is 1. The molecule has 5 nitrogen and oxygen atoms in total. The smallest absolute Gasteiger partial charge is 0.238 e. The summed E-state index contributed by atoms with van der Waals surface area (Å²) < 4.78 is 0. The van der Waals surface area contributed by atoms with Gasteiger partial charge in [0.1, 0.15) is 5.54 Å². The Balaban J connectivity index is 2.44. The highest BCUT2D eigenvalue weighted by Crippen LogP contribution is 2.17. The van der Waals surface area contributed by atoms with Crippen LogP contribution < -0.4 is 11.1 Å². The Morgan fingerprint density at radius 2 is 2.05 bits per heavy atom. The summed E-state index contributed by atoms with van der Waals surface area (Å²) in [5, 5.41) is 3.21. The molecular formula is C14H30N4O. The van der Waals surface area contributed by atoms with Crippen LogP contribution in [0.25, 0.3) is 0 Å². The minimum Gasteiger partial charge on any atom is -0.368 e. The molecule has 1 saturated heterocycles. The van der Waals surface area contributed by atoms with Crippen molar-refractivity contribution in [1.29, 1.82) is 0 Å². The van der Waals surface area contributed by atoms with Crippen molar-refractivity contribution in [3.63, 3.8) is 0 Å². The predicted octanol–water partition coefficient (Wildman–Crippen LogP) is 0.114. The maximum atomic E-state index is 11.6. The number of amides is 1. The number of hydrogen-bond donors (Lipinski definition) is 2. The van der Waals surface area contributed by atoms with E-state index in [0.29, 0.717) is 6.54 Å². The predicted molar refractivity (Wildman–Crippen MR) is 79.0 cm³/mol. The maximum Gasteiger partial charge on any atom is 0.238 e. The van der Waals surface area contributed by atoms with E-state index in [4.69, 9.17) is 5.73 Å². The molecule has 19 heavy (non-hydrogen) atoms. The first-order valence-corrected chi connectivity index (χ1v) is 7.29. The van der Waals surface area contributed by atoms with Gasteiger partial charge < -0.3 is 20.9 Å². The molecule has 0 aromatic rings. The molecule has 0 saturated carbocycles. The fraction of sp³-hybridized carbons (Fsp3) is 0.929. The maximum absolute atomic E-state index is 11.6. The normalized spacial score (nSPS) is 21.5. The molecule has 1 rings (SSSR count). The summed E-state index contributed by atoms with van der Waals surface area (Å²) in [5.74, 6) is 0.463. The lowest BCUT2D eigenvalue weighted by Gasteiger charge is -2.35. The van der Waals surface area contributed by atoms with Gasteiger partial charge in [-0.15, -0.1) is 0 Å². The van der Waals surface area contributed by atoms with Gasteiger partial charge in [-0.05, 0) is 59.4 Å². The number of hydrogen-bond acceptors (Lipinski definition) is 4. The SMILES string of the molecule is CCNC(C)(CN(C)CC1CCN(C)CC1)C(N)=O. The van der Waals surface area contributed by atoms with E-state index in [-0.39, 0.29) is 5.91 Å². The molecule has 1 aliphatic rings. The van der Waals surface area contributed by atoms with E-state index in [1.807, 2.05) is 13.8 Å². The second kappa shape index (κ2) is 7.22. The van der Waals surface area contributed by atoms with Crippen LogP contribution in [0.5, 0.6) is 0 Å². The van der Waals surface area contributed by atoms with E-state index in [0.717, 1.165) is 19.0 Å². The van der Waals surface area contributed by atoms with E-state index in [9.17, 15) is 4.79 Å². The molecule has 0 aromatic heterocycles. The molecule has 1 aliphatic heterocycles. The number of nitrogens with zero attached hydrogens (tertiary/aromatic N) is 2. The molecule has 1 unspecified atom stereocenters. The Morgan fingerprint density at radius 1 is 1.47 bits per heavy atom. The molecule has 112 valence electrons. The second-order valence-corrected chi connectivity index (χ2v) is 6.17. The molecule has 3 N–H and O–H groups in total. The summed E-state index contributed by atoms with van der Waals surface area (Å²) in [5.41, 5.74) is 4.89. The number of likely N-dealkylation sites (tertiary alicyclic amines) is 1. The largest absolute Gasteiger partial charge is 0.368 e. The van der Waals surface area contributed by atoms with Crippen molar-refractivity contribution >= 4 is 5.91 Å². The first kappa shape index (κ1) is 16.4. The lowest BCUT2D eigenvalue weighted by molar-refractivity contribution is -0.124. The first-order chi connectivity index (χ1) is 8.87. The van der Waals surface area contributed by atoms with Gasteiger partial charge in [-0.25, -0.2) is 0 Å². The molecular weight excluding hydrogens is 240 g/mol. The zero-order chi connectivity index (χ0) is 14.5. The number of rotatable bonds is 7. The van der Waals surface area contributed by atoms with Gasteiger partial charge in [0.25, 0.3) is 0 Å². The summed E-state index contributed by atoms with van der Waals surface area (Å²) in [6.07, 6.45) is 2.49. The van der Waals surface area contributed by atoms with Crippen molar-refractivity contribution in [2.24, 2.45) is 11.7 Å². The van der Waals surface area contributed by atoms with Gasteiger partial charge in [0.05, 0.1) is 0 Å². The van der Waals surface area contributed by atoms with Crippen LogP contribution in [0.15, 0.2) is 0 Å². The van der Waals surface area contributed by atoms with Crippen molar-refractivity contribution in [2.75, 3.05) is 46.8 Å². The number of primary amides is 1. The highest BCUT2D eigenvalue weighted by atomic mass is 16.1. The van der Waals surface area contributed by atoms with Crippen LogP contribution in [-0.4, -0.2) is 68.1 Å². The molecule has 1 atom stereocenters. The molecule has 5 heteroatoms. The second-order valence-electron chi connectivity index (χ2n) is 6.17. The monoisotopic (exact) mass is 270 g/mol. The highest BCUT2D eigenvalue weighted by Gasteiger charge is 2.32. The number of likely N-dealkylation sites (N-methyl/N-ethyl adjacent to an activating group) is 2. The third-order valence-electron chi connectivity index (χ3n) is 4.10. The topological polar surface area (TPSA) is 61.6 Å². The van der Waals surface area contributed by atoms with E-state index < -0.39 is 5.54 Å². The van der Waals surface area contributed by atoms with Gasteiger partial charge >= 0.3 is 0 Å². The average molecular weight is 270 g/mol. The number of carbonyl (C=O) groups is 1. The van der Waals surface area contributed by atoms with Crippen molar-refractivity contribution in [3.05, 3.63) is 0 Å². The molecule has 1 amide bonds. The van der Waals surface area contributed by atoms with E-state index in [1.54, 1.807) is 0 Å². The van der Waals surface area contributed by atoms with Crippen molar-refractivity contribution in [1.82, 2.24) is 15.1 Å². The Morgan fingerprint density at radius 3 is 2.53 bits per heavy atom. The van der Waals surface area contributed by atoms with Crippen molar-refractivity contribution < 1.29 is 4.79 Å². The van der Waals surface area contributed by atoms with Crippen LogP contribution in [-0.2, 0) is 4.79 Å². The molecule has 0 bridgehead atoms. The third kappa shape index (κ3) is 5.09. The van der Waals surface area contributed by atoms with Crippen LogP contribution >= 0.6 is 0 Å². The van der Waals surface area contributed by atoms with E-state index in [1.165, 1.54) is 25.9 Å². The summed E-state index contributed by atoms with van der Waals surface area (Å²) in [6, 6.07) is 0. The zero-order valence-electron chi connectivity index (χ0n) is 12.9. The number of nitrogens with one attached hydrogen (secondary N) is 1. The number of nitrogens with two attached hydrogens (primary N) is 1. The van der Waals surface area contributed by atoms with Crippen LogP contribution in [0.1, 0.15) is 26.7 Å². The standard InChI is InChI=1S/C14H30N4O/c1-5-16-14(2,13(15)19)11-18(4)10-12-6-8-17(3)9-7-12/h12,16H,5-11H2,1-4H3,(H2,15,19).